The van der Waals surface area contributed by atoms with E-state index < -0.39 is 21.7 Å². The van der Waals surface area contributed by atoms with Crippen molar-refractivity contribution in [2.45, 2.75) is 24.8 Å². The fourth-order valence-electron chi connectivity index (χ4n) is 4.01. The third kappa shape index (κ3) is 4.65. The Morgan fingerprint density at radius 1 is 0.941 bits per heavy atom. The van der Waals surface area contributed by atoms with E-state index in [-0.39, 0.29) is 29.1 Å². The van der Waals surface area contributed by atoms with Crippen molar-refractivity contribution >= 4 is 33.2 Å². The summed E-state index contributed by atoms with van der Waals surface area (Å²) in [5.74, 6) is -0.409. The molecule has 1 atom stereocenters. The molecule has 4 rings (SSSR count). The minimum atomic E-state index is -3.33. The number of sulfone groups is 1. The van der Waals surface area contributed by atoms with Gasteiger partial charge in [-0.15, -0.1) is 0 Å². The highest BCUT2D eigenvalue weighted by Gasteiger charge is 2.34. The molecule has 0 radical (unpaired) electrons. The van der Waals surface area contributed by atoms with Crippen molar-refractivity contribution in [2.75, 3.05) is 22.6 Å². The first kappa shape index (κ1) is 23.4. The molecule has 3 aromatic carbocycles. The van der Waals surface area contributed by atoms with Gasteiger partial charge in [0, 0.05) is 19.7 Å². The second-order valence-corrected chi connectivity index (χ2v) is 10.2. The molecule has 1 aliphatic rings. The van der Waals surface area contributed by atoms with Crippen molar-refractivity contribution in [3.63, 3.8) is 0 Å². The van der Waals surface area contributed by atoms with Crippen molar-refractivity contribution in [1.29, 1.82) is 0 Å². The third-order valence-electron chi connectivity index (χ3n) is 5.61. The van der Waals surface area contributed by atoms with Gasteiger partial charge in [0.15, 0.2) is 9.84 Å². The molecule has 0 unspecified atom stereocenters. The van der Waals surface area contributed by atoms with Crippen LogP contribution < -0.4 is 14.5 Å². The molecule has 0 saturated carbocycles. The largest absolute Gasteiger partial charge is 0.419 e. The Kier molecular flexibility index (Phi) is 6.14. The first-order valence-electron chi connectivity index (χ1n) is 10.5. The standard InChI is InChI=1S/C25H23FN2O5S/c1-16-15-27(25(30)33-21-9-7-20(26)8-10-21)24-14-19(6-13-23(24)28(16)17(2)29)18-4-11-22(12-5-18)34(3,31)32/h4-14,16H,15H2,1-3H3/t16-/m0/s1. The molecule has 0 fully saturated rings. The molecule has 3 aromatic rings. The molecule has 2 amide bonds. The van der Waals surface area contributed by atoms with Gasteiger partial charge >= 0.3 is 6.09 Å². The predicted octanol–water partition coefficient (Wildman–Crippen LogP) is 4.66. The number of carbonyl (C=O) groups is 2. The Labute approximate surface area is 197 Å². The van der Waals surface area contributed by atoms with E-state index in [1.165, 1.54) is 48.2 Å². The van der Waals surface area contributed by atoms with Gasteiger partial charge in [0.2, 0.25) is 5.91 Å². The molecule has 7 nitrogen and oxygen atoms in total. The number of hydrogen-bond donors (Lipinski definition) is 0. The number of fused-ring (bicyclic) bond motifs is 1. The summed E-state index contributed by atoms with van der Waals surface area (Å²) in [5.41, 5.74) is 2.51. The van der Waals surface area contributed by atoms with Gasteiger partial charge in [0.1, 0.15) is 11.6 Å². The van der Waals surface area contributed by atoms with Crippen molar-refractivity contribution in [3.05, 3.63) is 72.5 Å². The van der Waals surface area contributed by atoms with Gasteiger partial charge in [-0.25, -0.2) is 17.6 Å². The molecule has 0 N–H and O–H groups in total. The predicted molar refractivity (Wildman–Crippen MR) is 127 cm³/mol. The van der Waals surface area contributed by atoms with Crippen LogP contribution in [0.3, 0.4) is 0 Å². The minimum Gasteiger partial charge on any atom is -0.410 e. The van der Waals surface area contributed by atoms with E-state index in [0.29, 0.717) is 11.4 Å². The quantitative estimate of drug-likeness (QED) is 0.542. The lowest BCUT2D eigenvalue weighted by Gasteiger charge is -2.40. The molecule has 0 bridgehead atoms. The lowest BCUT2D eigenvalue weighted by molar-refractivity contribution is -0.117. The van der Waals surface area contributed by atoms with Crippen LogP contribution in [0.2, 0.25) is 0 Å². The number of halogens is 1. The molecule has 0 saturated heterocycles. The zero-order valence-electron chi connectivity index (χ0n) is 18.9. The van der Waals surface area contributed by atoms with Crippen LogP contribution in [0.4, 0.5) is 20.6 Å². The maximum absolute atomic E-state index is 13.2. The van der Waals surface area contributed by atoms with E-state index in [1.807, 2.05) is 13.0 Å². The second-order valence-electron chi connectivity index (χ2n) is 8.17. The Balaban J connectivity index is 1.74. The smallest absolute Gasteiger partial charge is 0.410 e. The normalized spacial score (nSPS) is 15.6. The van der Waals surface area contributed by atoms with Crippen LogP contribution in [-0.4, -0.2) is 39.3 Å². The first-order valence-corrected chi connectivity index (χ1v) is 12.4. The van der Waals surface area contributed by atoms with Crippen LogP contribution in [0.25, 0.3) is 11.1 Å². The monoisotopic (exact) mass is 482 g/mol. The summed E-state index contributed by atoms with van der Waals surface area (Å²) in [5, 5.41) is 0. The first-order chi connectivity index (χ1) is 16.0. The van der Waals surface area contributed by atoms with Gasteiger partial charge in [-0.3, -0.25) is 9.69 Å². The van der Waals surface area contributed by atoms with Gasteiger partial charge in [0.25, 0.3) is 0 Å². The minimum absolute atomic E-state index is 0.162. The molecule has 176 valence electrons. The van der Waals surface area contributed by atoms with Crippen molar-refractivity contribution in [3.8, 4) is 16.9 Å². The maximum Gasteiger partial charge on any atom is 0.419 e. The Morgan fingerprint density at radius 3 is 2.15 bits per heavy atom. The summed E-state index contributed by atoms with van der Waals surface area (Å²) >= 11 is 0. The average molecular weight is 483 g/mol. The lowest BCUT2D eigenvalue weighted by atomic mass is 10.0. The molecule has 1 aliphatic heterocycles. The van der Waals surface area contributed by atoms with Crippen LogP contribution in [0.15, 0.2) is 71.6 Å². The van der Waals surface area contributed by atoms with Crippen molar-refractivity contribution in [2.24, 2.45) is 0 Å². The van der Waals surface area contributed by atoms with E-state index in [9.17, 15) is 22.4 Å². The third-order valence-corrected chi connectivity index (χ3v) is 6.74. The summed E-state index contributed by atoms with van der Waals surface area (Å²) in [6.45, 7) is 3.49. The summed E-state index contributed by atoms with van der Waals surface area (Å²) in [6.07, 6.45) is 0.482. The van der Waals surface area contributed by atoms with Gasteiger partial charge in [-0.2, -0.15) is 0 Å². The van der Waals surface area contributed by atoms with Gasteiger partial charge < -0.3 is 9.64 Å². The number of amides is 2. The van der Waals surface area contributed by atoms with E-state index >= 15 is 0 Å². The van der Waals surface area contributed by atoms with Crippen LogP contribution in [0.5, 0.6) is 5.75 Å². The number of hydrogen-bond acceptors (Lipinski definition) is 5. The van der Waals surface area contributed by atoms with Crippen molar-refractivity contribution < 1.29 is 27.1 Å². The van der Waals surface area contributed by atoms with E-state index in [0.717, 1.165) is 17.4 Å². The Hall–Kier alpha value is -3.72. The number of rotatable bonds is 3. The SMILES string of the molecule is CC(=O)N1c2ccc(-c3ccc(S(C)(=O)=O)cc3)cc2N(C(=O)Oc2ccc(F)cc2)C[C@@H]1C. The van der Waals surface area contributed by atoms with E-state index in [2.05, 4.69) is 0 Å². The van der Waals surface area contributed by atoms with Crippen LogP contribution in [0.1, 0.15) is 13.8 Å². The number of nitrogens with zero attached hydrogens (tertiary/aromatic N) is 2. The molecule has 0 aromatic heterocycles. The second kappa shape index (κ2) is 8.90. The number of anilines is 2. The molecule has 0 spiro atoms. The Morgan fingerprint density at radius 2 is 1.56 bits per heavy atom. The highest BCUT2D eigenvalue weighted by Crippen LogP contribution is 2.39. The number of carbonyl (C=O) groups excluding carboxylic acids is 2. The van der Waals surface area contributed by atoms with Gasteiger partial charge in [0.05, 0.1) is 22.3 Å². The van der Waals surface area contributed by atoms with Crippen LogP contribution in [0, 0.1) is 5.82 Å². The van der Waals surface area contributed by atoms with Crippen LogP contribution >= 0.6 is 0 Å². The van der Waals surface area contributed by atoms with E-state index in [4.69, 9.17) is 4.74 Å². The van der Waals surface area contributed by atoms with E-state index in [1.54, 1.807) is 29.2 Å². The van der Waals surface area contributed by atoms with Gasteiger partial charge in [-0.1, -0.05) is 18.2 Å². The molecule has 1 heterocycles. The highest BCUT2D eigenvalue weighted by atomic mass is 32.2. The summed E-state index contributed by atoms with van der Waals surface area (Å²) in [4.78, 5) is 28.7. The maximum atomic E-state index is 13.2. The fourth-order valence-corrected chi connectivity index (χ4v) is 4.64. The lowest BCUT2D eigenvalue weighted by Crippen LogP contribution is -2.52. The Bertz CT molecular complexity index is 1360. The highest BCUT2D eigenvalue weighted by molar-refractivity contribution is 7.90. The number of ether oxygens (including phenoxy) is 1. The van der Waals surface area contributed by atoms with Gasteiger partial charge in [-0.05, 0) is 66.6 Å². The summed E-state index contributed by atoms with van der Waals surface area (Å²) in [7, 11) is -3.33. The average Bonchev–Trinajstić information content (AvgIpc) is 2.79. The zero-order valence-corrected chi connectivity index (χ0v) is 19.7. The summed E-state index contributed by atoms with van der Waals surface area (Å²) in [6, 6.07) is 16.6. The number of benzene rings is 3. The fraction of sp³-hybridized carbons (Fsp3) is 0.200. The molecule has 9 heteroatoms. The summed E-state index contributed by atoms with van der Waals surface area (Å²) < 4.78 is 42.2. The molecule has 0 aliphatic carbocycles. The molecular weight excluding hydrogens is 459 g/mol. The molecule has 34 heavy (non-hydrogen) atoms. The zero-order chi connectivity index (χ0) is 24.6. The topological polar surface area (TPSA) is 84.0 Å². The van der Waals surface area contributed by atoms with Crippen molar-refractivity contribution in [1.82, 2.24) is 0 Å². The van der Waals surface area contributed by atoms with Crippen LogP contribution in [-0.2, 0) is 14.6 Å². The molecular formula is C25H23FN2O5S.